The summed E-state index contributed by atoms with van der Waals surface area (Å²) in [6, 6.07) is 4.95. The molecule has 21 heavy (non-hydrogen) atoms. The fraction of sp³-hybridized carbons (Fsp3) is 0.385. The average Bonchev–Trinajstić information content (AvgIpc) is 2.94. The zero-order chi connectivity index (χ0) is 14.8. The van der Waals surface area contributed by atoms with Crippen molar-refractivity contribution in [2.24, 2.45) is 0 Å². The van der Waals surface area contributed by atoms with Crippen molar-refractivity contribution in [3.63, 3.8) is 0 Å². The zero-order valence-electron chi connectivity index (χ0n) is 11.5. The summed E-state index contributed by atoms with van der Waals surface area (Å²) in [7, 11) is 0. The molecule has 0 radical (unpaired) electrons. The maximum atomic E-state index is 11.3. The second kappa shape index (κ2) is 5.49. The van der Waals surface area contributed by atoms with Crippen molar-refractivity contribution in [3.8, 4) is 11.5 Å². The fourth-order valence-electron chi connectivity index (χ4n) is 2.29. The molecule has 1 aliphatic rings. The molecule has 0 saturated carbocycles. The van der Waals surface area contributed by atoms with Gasteiger partial charge in [0.15, 0.2) is 5.82 Å². The number of rotatable bonds is 3. The van der Waals surface area contributed by atoms with Crippen LogP contribution in [0.25, 0.3) is 11.5 Å². The van der Waals surface area contributed by atoms with Crippen molar-refractivity contribution in [1.82, 2.24) is 10.1 Å². The van der Waals surface area contributed by atoms with E-state index in [0.29, 0.717) is 43.4 Å². The molecule has 0 amide bonds. The lowest BCUT2D eigenvalue weighted by Gasteiger charge is -2.28. The molecule has 0 spiro atoms. The van der Waals surface area contributed by atoms with Crippen molar-refractivity contribution >= 4 is 11.4 Å². The third-order valence-electron chi connectivity index (χ3n) is 3.30. The Morgan fingerprint density at radius 3 is 2.71 bits per heavy atom. The van der Waals surface area contributed by atoms with Gasteiger partial charge in [-0.3, -0.25) is 10.1 Å². The molecular weight excluding hydrogens is 276 g/mol. The first-order valence-corrected chi connectivity index (χ1v) is 6.57. The van der Waals surface area contributed by atoms with E-state index in [1.807, 2.05) is 4.90 Å². The van der Waals surface area contributed by atoms with Crippen molar-refractivity contribution in [2.45, 2.75) is 6.92 Å². The molecule has 8 heteroatoms. The number of benzene rings is 1. The molecule has 0 atom stereocenters. The molecule has 2 heterocycles. The first-order chi connectivity index (χ1) is 10.1. The highest BCUT2D eigenvalue weighted by atomic mass is 16.6. The minimum Gasteiger partial charge on any atom is -0.378 e. The zero-order valence-corrected chi connectivity index (χ0v) is 11.5. The highest BCUT2D eigenvalue weighted by Crippen LogP contribution is 2.33. The number of nitro groups is 1. The van der Waals surface area contributed by atoms with E-state index in [1.165, 1.54) is 6.07 Å². The second-order valence-electron chi connectivity index (χ2n) is 4.71. The number of aromatic nitrogens is 2. The fourth-order valence-corrected chi connectivity index (χ4v) is 2.29. The van der Waals surface area contributed by atoms with Gasteiger partial charge in [0, 0.05) is 24.7 Å². The van der Waals surface area contributed by atoms with E-state index in [1.54, 1.807) is 19.1 Å². The van der Waals surface area contributed by atoms with Gasteiger partial charge in [0.05, 0.1) is 18.1 Å². The highest BCUT2D eigenvalue weighted by molar-refractivity contribution is 5.71. The SMILES string of the molecule is Cc1noc(-c2ccc(N3CCOCC3)c([N+](=O)[O-])c2)n1. The van der Waals surface area contributed by atoms with Crippen LogP contribution < -0.4 is 4.90 Å². The lowest BCUT2D eigenvalue weighted by atomic mass is 10.1. The summed E-state index contributed by atoms with van der Waals surface area (Å²) in [4.78, 5) is 17.0. The minimum atomic E-state index is -0.391. The number of hydrogen-bond acceptors (Lipinski definition) is 7. The summed E-state index contributed by atoms with van der Waals surface area (Å²) in [5, 5.41) is 15.0. The largest absolute Gasteiger partial charge is 0.378 e. The van der Waals surface area contributed by atoms with Crippen LogP contribution in [0.4, 0.5) is 11.4 Å². The first kappa shape index (κ1) is 13.5. The molecule has 1 saturated heterocycles. The Hall–Kier alpha value is -2.48. The molecule has 1 aromatic heterocycles. The lowest BCUT2D eigenvalue weighted by Crippen LogP contribution is -2.36. The van der Waals surface area contributed by atoms with Crippen molar-refractivity contribution < 1.29 is 14.2 Å². The second-order valence-corrected chi connectivity index (χ2v) is 4.71. The number of hydrogen-bond donors (Lipinski definition) is 0. The van der Waals surface area contributed by atoms with Crippen LogP contribution in [0.2, 0.25) is 0 Å². The molecule has 0 unspecified atom stereocenters. The lowest BCUT2D eigenvalue weighted by molar-refractivity contribution is -0.384. The number of anilines is 1. The number of nitro benzene ring substituents is 1. The van der Waals surface area contributed by atoms with Crippen molar-refractivity contribution in [3.05, 3.63) is 34.1 Å². The smallest absolute Gasteiger partial charge is 0.293 e. The molecule has 3 rings (SSSR count). The summed E-state index contributed by atoms with van der Waals surface area (Å²) >= 11 is 0. The third kappa shape index (κ3) is 2.70. The van der Waals surface area contributed by atoms with E-state index in [2.05, 4.69) is 10.1 Å². The minimum absolute atomic E-state index is 0.0326. The van der Waals surface area contributed by atoms with Gasteiger partial charge in [0.2, 0.25) is 0 Å². The molecule has 2 aromatic rings. The van der Waals surface area contributed by atoms with Gasteiger partial charge in [-0.05, 0) is 19.1 Å². The molecule has 0 aliphatic carbocycles. The maximum Gasteiger partial charge on any atom is 0.293 e. The monoisotopic (exact) mass is 290 g/mol. The Labute approximate surface area is 120 Å². The van der Waals surface area contributed by atoms with Gasteiger partial charge < -0.3 is 14.2 Å². The van der Waals surface area contributed by atoms with Crippen LogP contribution in [0.1, 0.15) is 5.82 Å². The molecule has 8 nitrogen and oxygen atoms in total. The Balaban J connectivity index is 2.00. The van der Waals surface area contributed by atoms with Crippen molar-refractivity contribution in [2.75, 3.05) is 31.2 Å². The van der Waals surface area contributed by atoms with Gasteiger partial charge in [-0.15, -0.1) is 0 Å². The Kier molecular flexibility index (Phi) is 3.53. The van der Waals surface area contributed by atoms with Crippen LogP contribution in [0.15, 0.2) is 22.7 Å². The molecule has 1 aliphatic heterocycles. The predicted octanol–water partition coefficient (Wildman–Crippen LogP) is 1.79. The van der Waals surface area contributed by atoms with E-state index in [9.17, 15) is 10.1 Å². The van der Waals surface area contributed by atoms with Gasteiger partial charge in [0.1, 0.15) is 5.69 Å². The van der Waals surface area contributed by atoms with E-state index in [4.69, 9.17) is 9.26 Å². The molecule has 1 fully saturated rings. The molecule has 110 valence electrons. The third-order valence-corrected chi connectivity index (χ3v) is 3.30. The Morgan fingerprint density at radius 1 is 1.33 bits per heavy atom. The standard InChI is InChI=1S/C13H14N4O4/c1-9-14-13(21-15-9)10-2-3-11(12(8-10)17(18)19)16-4-6-20-7-5-16/h2-3,8H,4-7H2,1H3. The van der Waals surface area contributed by atoms with E-state index in [0.717, 1.165) is 0 Å². The molecule has 0 bridgehead atoms. The first-order valence-electron chi connectivity index (χ1n) is 6.57. The summed E-state index contributed by atoms with van der Waals surface area (Å²) in [6.07, 6.45) is 0. The van der Waals surface area contributed by atoms with Gasteiger partial charge >= 0.3 is 0 Å². The topological polar surface area (TPSA) is 94.5 Å². The highest BCUT2D eigenvalue weighted by Gasteiger charge is 2.23. The van der Waals surface area contributed by atoms with Gasteiger partial charge in [-0.2, -0.15) is 4.98 Å². The predicted molar refractivity (Wildman–Crippen MR) is 74.2 cm³/mol. The van der Waals surface area contributed by atoms with E-state index < -0.39 is 4.92 Å². The summed E-state index contributed by atoms with van der Waals surface area (Å²) in [5.74, 6) is 0.772. The van der Waals surface area contributed by atoms with Crippen LogP contribution in [0.3, 0.4) is 0 Å². The molecular formula is C13H14N4O4. The maximum absolute atomic E-state index is 11.3. The summed E-state index contributed by atoms with van der Waals surface area (Å²) < 4.78 is 10.3. The number of nitrogens with zero attached hydrogens (tertiary/aromatic N) is 4. The summed E-state index contributed by atoms with van der Waals surface area (Å²) in [5.41, 5.74) is 1.16. The number of aryl methyl sites for hydroxylation is 1. The van der Waals surface area contributed by atoms with Crippen molar-refractivity contribution in [1.29, 1.82) is 0 Å². The Bertz CT molecular complexity index is 664. The van der Waals surface area contributed by atoms with Crippen LogP contribution in [-0.4, -0.2) is 41.4 Å². The van der Waals surface area contributed by atoms with Gasteiger partial charge in [0.25, 0.3) is 11.6 Å². The molecule has 1 aromatic carbocycles. The van der Waals surface area contributed by atoms with Gasteiger partial charge in [-0.1, -0.05) is 5.16 Å². The number of morpholine rings is 1. The van der Waals surface area contributed by atoms with Crippen LogP contribution in [0.5, 0.6) is 0 Å². The van der Waals surface area contributed by atoms with Crippen LogP contribution in [-0.2, 0) is 4.74 Å². The summed E-state index contributed by atoms with van der Waals surface area (Å²) in [6.45, 7) is 4.12. The van der Waals surface area contributed by atoms with E-state index in [-0.39, 0.29) is 11.6 Å². The number of ether oxygens (including phenoxy) is 1. The Morgan fingerprint density at radius 2 is 2.10 bits per heavy atom. The molecule has 0 N–H and O–H groups in total. The normalized spacial score (nSPS) is 15.2. The van der Waals surface area contributed by atoms with Crippen LogP contribution >= 0.6 is 0 Å². The van der Waals surface area contributed by atoms with Gasteiger partial charge in [-0.25, -0.2) is 0 Å². The average molecular weight is 290 g/mol. The quantitative estimate of drug-likeness (QED) is 0.628. The van der Waals surface area contributed by atoms with Crippen LogP contribution in [0, 0.1) is 17.0 Å². The van der Waals surface area contributed by atoms with E-state index >= 15 is 0 Å².